The Bertz CT molecular complexity index is 1060. The third-order valence-electron chi connectivity index (χ3n) is 5.84. The zero-order chi connectivity index (χ0) is 21.3. The highest BCUT2D eigenvalue weighted by Gasteiger charge is 2.29. The molecule has 2 aromatic heterocycles. The summed E-state index contributed by atoms with van der Waals surface area (Å²) in [6.45, 7) is 8.01. The third kappa shape index (κ3) is 4.29. The minimum Gasteiger partial charge on any atom is -0.443 e. The topological polar surface area (TPSA) is 71.3 Å². The molecule has 3 aromatic rings. The summed E-state index contributed by atoms with van der Waals surface area (Å²) in [6, 6.07) is 7.74. The second-order valence-corrected chi connectivity index (χ2v) is 8.45. The molecule has 158 valence electrons. The number of benzene rings is 1. The maximum Gasteiger partial charge on any atom is 0.231 e. The van der Waals surface area contributed by atoms with E-state index in [2.05, 4.69) is 15.2 Å². The summed E-state index contributed by atoms with van der Waals surface area (Å²) in [5.74, 6) is 2.48. The normalized spacial score (nSPS) is 16.8. The molecule has 1 unspecified atom stereocenters. The summed E-state index contributed by atoms with van der Waals surface area (Å²) in [6.07, 6.45) is 2.63. The molecule has 0 bridgehead atoms. The summed E-state index contributed by atoms with van der Waals surface area (Å²) in [7, 11) is 0. The van der Waals surface area contributed by atoms with Crippen LogP contribution in [0.25, 0.3) is 11.1 Å². The fourth-order valence-corrected chi connectivity index (χ4v) is 4.20. The van der Waals surface area contributed by atoms with Gasteiger partial charge < -0.3 is 14.6 Å². The van der Waals surface area contributed by atoms with E-state index in [0.29, 0.717) is 24.6 Å². The predicted octanol–water partition coefficient (Wildman–Crippen LogP) is 4.38. The number of amides is 1. The minimum atomic E-state index is -0.0532. The van der Waals surface area contributed by atoms with Crippen molar-refractivity contribution in [1.29, 1.82) is 0 Å². The quantitative estimate of drug-likeness (QED) is 0.655. The first-order chi connectivity index (χ1) is 14.4. The van der Waals surface area contributed by atoms with Gasteiger partial charge in [-0.05, 0) is 57.7 Å². The summed E-state index contributed by atoms with van der Waals surface area (Å²) >= 11 is 5.93. The zero-order valence-electron chi connectivity index (χ0n) is 17.7. The van der Waals surface area contributed by atoms with Gasteiger partial charge >= 0.3 is 0 Å². The molecule has 1 fully saturated rings. The number of halogens is 1. The van der Waals surface area contributed by atoms with E-state index in [0.717, 1.165) is 58.9 Å². The fraction of sp³-hybridized carbons (Fsp3) is 0.435. The Morgan fingerprint density at radius 1 is 1.23 bits per heavy atom. The van der Waals surface area contributed by atoms with Gasteiger partial charge in [0.05, 0.1) is 11.3 Å². The van der Waals surface area contributed by atoms with Crippen LogP contribution in [-0.4, -0.2) is 35.5 Å². The van der Waals surface area contributed by atoms with Gasteiger partial charge in [-0.25, -0.2) is 4.98 Å². The molecule has 0 saturated carbocycles. The second-order valence-electron chi connectivity index (χ2n) is 8.01. The number of furan rings is 1. The van der Waals surface area contributed by atoms with Gasteiger partial charge in [-0.3, -0.25) is 4.79 Å². The van der Waals surface area contributed by atoms with E-state index in [1.54, 1.807) is 0 Å². The first-order valence-electron chi connectivity index (χ1n) is 10.4. The monoisotopic (exact) mass is 426 g/mol. The summed E-state index contributed by atoms with van der Waals surface area (Å²) < 4.78 is 5.82. The molecule has 0 radical (unpaired) electrons. The third-order valence-corrected chi connectivity index (χ3v) is 6.09. The number of nitrogens with zero attached hydrogens (tertiary/aromatic N) is 3. The highest BCUT2D eigenvalue weighted by atomic mass is 35.5. The standard InChI is InChI=1S/C23H27ClN4O2/c1-14-15(2)30-23-20(14)21(26-16(3)27-23)28-12-4-5-18(13-28)22(29)25-11-10-17-6-8-19(24)9-7-17/h6-9,18H,4-5,10-13H2,1-3H3,(H,25,29). The largest absolute Gasteiger partial charge is 0.443 e. The molecule has 6 nitrogen and oxygen atoms in total. The number of hydrogen-bond acceptors (Lipinski definition) is 5. The second kappa shape index (κ2) is 8.64. The Balaban J connectivity index is 1.44. The van der Waals surface area contributed by atoms with Gasteiger partial charge in [0.1, 0.15) is 17.4 Å². The highest BCUT2D eigenvalue weighted by molar-refractivity contribution is 6.30. The highest BCUT2D eigenvalue weighted by Crippen LogP contribution is 2.33. The van der Waals surface area contributed by atoms with E-state index in [1.165, 1.54) is 0 Å². The Morgan fingerprint density at radius 2 is 2.00 bits per heavy atom. The molecule has 0 spiro atoms. The molecule has 3 heterocycles. The number of fused-ring (bicyclic) bond motifs is 1. The molecule has 1 atom stereocenters. The smallest absolute Gasteiger partial charge is 0.231 e. The first kappa shape index (κ1) is 20.7. The van der Waals surface area contributed by atoms with Crippen LogP contribution in [-0.2, 0) is 11.2 Å². The number of rotatable bonds is 5. The van der Waals surface area contributed by atoms with Crippen molar-refractivity contribution in [3.05, 3.63) is 52.0 Å². The van der Waals surface area contributed by atoms with Crippen LogP contribution in [0.2, 0.25) is 5.02 Å². The van der Waals surface area contributed by atoms with E-state index in [-0.39, 0.29) is 11.8 Å². The number of anilines is 1. The molecule has 4 rings (SSSR count). The maximum absolute atomic E-state index is 12.8. The molecule has 30 heavy (non-hydrogen) atoms. The number of hydrogen-bond donors (Lipinski definition) is 1. The Hall–Kier alpha value is -2.60. The SMILES string of the molecule is Cc1nc(N2CCCC(C(=O)NCCc3ccc(Cl)cc3)C2)c2c(C)c(C)oc2n1. The molecule has 1 aliphatic heterocycles. The lowest BCUT2D eigenvalue weighted by Crippen LogP contribution is -2.44. The molecular formula is C23H27ClN4O2. The molecule has 1 saturated heterocycles. The lowest BCUT2D eigenvalue weighted by molar-refractivity contribution is -0.125. The Morgan fingerprint density at radius 3 is 2.77 bits per heavy atom. The number of nitrogens with one attached hydrogen (secondary N) is 1. The fourth-order valence-electron chi connectivity index (χ4n) is 4.07. The average Bonchev–Trinajstić information content (AvgIpc) is 3.02. The van der Waals surface area contributed by atoms with Crippen molar-refractivity contribution >= 4 is 34.4 Å². The number of carbonyl (C=O) groups is 1. The van der Waals surface area contributed by atoms with E-state index in [9.17, 15) is 4.79 Å². The molecule has 1 amide bonds. The lowest BCUT2D eigenvalue weighted by atomic mass is 9.96. The van der Waals surface area contributed by atoms with Crippen LogP contribution >= 0.6 is 11.6 Å². The minimum absolute atomic E-state index is 0.0532. The van der Waals surface area contributed by atoms with Crippen molar-refractivity contribution in [3.63, 3.8) is 0 Å². The first-order valence-corrected chi connectivity index (χ1v) is 10.8. The van der Waals surface area contributed by atoms with Gasteiger partial charge in [-0.15, -0.1) is 0 Å². The van der Waals surface area contributed by atoms with Crippen LogP contribution in [0, 0.1) is 26.7 Å². The van der Waals surface area contributed by atoms with Gasteiger partial charge in [0.2, 0.25) is 11.6 Å². The van der Waals surface area contributed by atoms with Crippen molar-refractivity contribution in [2.45, 2.75) is 40.0 Å². The van der Waals surface area contributed by atoms with Crippen molar-refractivity contribution in [1.82, 2.24) is 15.3 Å². The number of aromatic nitrogens is 2. The Kier molecular flexibility index (Phi) is 5.95. The number of piperidine rings is 1. The van der Waals surface area contributed by atoms with Gasteiger partial charge in [-0.1, -0.05) is 23.7 Å². The van der Waals surface area contributed by atoms with Crippen LogP contribution in [0.15, 0.2) is 28.7 Å². The van der Waals surface area contributed by atoms with Gasteiger partial charge in [0, 0.05) is 30.2 Å². The van der Waals surface area contributed by atoms with E-state index < -0.39 is 0 Å². The van der Waals surface area contributed by atoms with E-state index >= 15 is 0 Å². The molecular weight excluding hydrogens is 400 g/mol. The van der Waals surface area contributed by atoms with Crippen LogP contribution < -0.4 is 10.2 Å². The molecule has 0 aliphatic carbocycles. The summed E-state index contributed by atoms with van der Waals surface area (Å²) in [5.41, 5.74) is 2.85. The number of carbonyl (C=O) groups excluding carboxylic acids is 1. The maximum atomic E-state index is 12.8. The zero-order valence-corrected chi connectivity index (χ0v) is 18.4. The lowest BCUT2D eigenvalue weighted by Gasteiger charge is -2.33. The Labute approximate surface area is 181 Å². The van der Waals surface area contributed by atoms with Crippen molar-refractivity contribution < 1.29 is 9.21 Å². The molecule has 1 aliphatic rings. The molecule has 1 aromatic carbocycles. The van der Waals surface area contributed by atoms with Crippen molar-refractivity contribution in [2.75, 3.05) is 24.5 Å². The van der Waals surface area contributed by atoms with Crippen LogP contribution in [0.1, 0.15) is 35.6 Å². The predicted molar refractivity (Wildman–Crippen MR) is 119 cm³/mol. The van der Waals surface area contributed by atoms with E-state index in [4.69, 9.17) is 21.0 Å². The van der Waals surface area contributed by atoms with Gasteiger partial charge in [0.25, 0.3) is 0 Å². The van der Waals surface area contributed by atoms with Crippen molar-refractivity contribution in [2.24, 2.45) is 5.92 Å². The van der Waals surface area contributed by atoms with Gasteiger partial charge in [-0.2, -0.15) is 4.98 Å². The van der Waals surface area contributed by atoms with Crippen LogP contribution in [0.3, 0.4) is 0 Å². The van der Waals surface area contributed by atoms with Crippen molar-refractivity contribution in [3.8, 4) is 0 Å². The van der Waals surface area contributed by atoms with Crippen LogP contribution in [0.5, 0.6) is 0 Å². The molecule has 7 heteroatoms. The number of aryl methyl sites for hydroxylation is 3. The van der Waals surface area contributed by atoms with E-state index in [1.807, 2.05) is 45.0 Å². The molecule has 1 N–H and O–H groups in total. The summed E-state index contributed by atoms with van der Waals surface area (Å²) in [4.78, 5) is 24.2. The average molecular weight is 427 g/mol. The van der Waals surface area contributed by atoms with Gasteiger partial charge in [0.15, 0.2) is 0 Å². The van der Waals surface area contributed by atoms with Crippen LogP contribution in [0.4, 0.5) is 5.82 Å². The summed E-state index contributed by atoms with van der Waals surface area (Å²) in [5, 5.41) is 4.79.